The van der Waals surface area contributed by atoms with Gasteiger partial charge in [0.25, 0.3) is 0 Å². The van der Waals surface area contributed by atoms with E-state index in [0.29, 0.717) is 0 Å². The van der Waals surface area contributed by atoms with Crippen molar-refractivity contribution >= 4 is 18.2 Å². The maximum absolute atomic E-state index is 9.99. The van der Waals surface area contributed by atoms with E-state index in [1.165, 1.54) is 6.92 Å². The summed E-state index contributed by atoms with van der Waals surface area (Å²) in [6.07, 6.45) is -6.19. The van der Waals surface area contributed by atoms with Crippen molar-refractivity contribution in [2.24, 2.45) is 11.5 Å². The molecule has 1 amide bonds. The quantitative estimate of drug-likeness (QED) is 0.228. The number of aliphatic carboxylic acids is 1. The van der Waals surface area contributed by atoms with Gasteiger partial charge >= 0.3 is 5.97 Å². The Balaban J connectivity index is 0. The van der Waals surface area contributed by atoms with Crippen LogP contribution in [-0.4, -0.2) is 74.2 Å². The molecule has 20 heavy (non-hydrogen) atoms. The normalized spacial score (nSPS) is 17.7. The number of rotatable bonds is 7. The predicted molar refractivity (Wildman–Crippen MR) is 65.2 cm³/mol. The summed E-state index contributed by atoms with van der Waals surface area (Å²) in [5.41, 5.74) is 9.57. The monoisotopic (exact) mass is 296 g/mol. The maximum Gasteiger partial charge on any atom is 0.321 e. The number of carbonyl (C=O) groups is 3. The van der Waals surface area contributed by atoms with E-state index in [2.05, 4.69) is 5.73 Å². The zero-order chi connectivity index (χ0) is 16.5. The summed E-state index contributed by atoms with van der Waals surface area (Å²) >= 11 is 0. The van der Waals surface area contributed by atoms with Crippen LogP contribution in [0.4, 0.5) is 0 Å². The number of hydrogen-bond donors (Lipinski definition) is 7. The fourth-order valence-corrected chi connectivity index (χ4v) is 0.872. The molecular weight excluding hydrogens is 276 g/mol. The van der Waals surface area contributed by atoms with Crippen molar-refractivity contribution in [3.63, 3.8) is 0 Å². The number of primary amides is 1. The lowest BCUT2D eigenvalue weighted by atomic mass is 10.1. The van der Waals surface area contributed by atoms with E-state index in [0.717, 1.165) is 0 Å². The predicted octanol–water partition coefficient (Wildman–Crippen LogP) is -4.08. The summed E-state index contributed by atoms with van der Waals surface area (Å²) < 4.78 is 0. The summed E-state index contributed by atoms with van der Waals surface area (Å²) in [7, 11) is 0. The zero-order valence-electron chi connectivity index (χ0n) is 10.8. The average molecular weight is 296 g/mol. The molecule has 0 aliphatic carbocycles. The molecular formula is C10H20N2O8. The fourth-order valence-electron chi connectivity index (χ4n) is 0.872. The first-order valence-corrected chi connectivity index (χ1v) is 5.48. The Morgan fingerprint density at radius 3 is 1.80 bits per heavy atom. The van der Waals surface area contributed by atoms with Crippen LogP contribution >= 0.6 is 0 Å². The molecule has 0 aromatic rings. The molecule has 0 bridgehead atoms. The Morgan fingerprint density at radius 1 is 1.15 bits per heavy atom. The molecule has 10 heteroatoms. The van der Waals surface area contributed by atoms with Gasteiger partial charge in [-0.3, -0.25) is 9.59 Å². The van der Waals surface area contributed by atoms with Gasteiger partial charge in [-0.2, -0.15) is 0 Å². The third kappa shape index (κ3) is 9.35. The van der Waals surface area contributed by atoms with E-state index < -0.39 is 42.3 Å². The van der Waals surface area contributed by atoms with Gasteiger partial charge in [0, 0.05) is 0 Å². The van der Waals surface area contributed by atoms with Crippen LogP contribution in [0.5, 0.6) is 0 Å². The standard InChI is InChI=1S/C6H12O5.C4H8N2O3/c1-3(8)5(10)6(11)4(9)2-7;5-2(4(8)9)1-3(6)7/h2-6,8-11H,1H3;2H,1,5H2,(H2,6,7)(H,8,9)/t3-,4+,5+,6-;/m0./s1. The van der Waals surface area contributed by atoms with Gasteiger partial charge in [0.1, 0.15) is 24.4 Å². The van der Waals surface area contributed by atoms with Crippen LogP contribution in [-0.2, 0) is 14.4 Å². The van der Waals surface area contributed by atoms with E-state index in [1.807, 2.05) is 0 Å². The maximum atomic E-state index is 9.99. The Kier molecular flexibility index (Phi) is 10.6. The largest absolute Gasteiger partial charge is 0.480 e. The topological polar surface area (TPSA) is 204 Å². The highest BCUT2D eigenvalue weighted by atomic mass is 16.4. The van der Waals surface area contributed by atoms with Crippen LogP contribution in [0.2, 0.25) is 0 Å². The average Bonchev–Trinajstić information content (AvgIpc) is 2.35. The van der Waals surface area contributed by atoms with Crippen molar-refractivity contribution in [2.75, 3.05) is 0 Å². The summed E-state index contributed by atoms with van der Waals surface area (Å²) in [6.45, 7) is 1.24. The molecule has 0 heterocycles. The highest BCUT2D eigenvalue weighted by Crippen LogP contribution is 2.02. The smallest absolute Gasteiger partial charge is 0.321 e. The van der Waals surface area contributed by atoms with Crippen molar-refractivity contribution in [1.29, 1.82) is 0 Å². The SMILES string of the molecule is C[C@H](O)[C@@H](O)[C@@H](O)[C@H](O)C=O.NC(=O)CC(N)C(=O)O. The van der Waals surface area contributed by atoms with Gasteiger partial charge in [-0.05, 0) is 6.92 Å². The molecule has 0 aliphatic heterocycles. The summed E-state index contributed by atoms with van der Waals surface area (Å²) in [5, 5.41) is 43.2. The number of carboxylic acid groups (broad SMARTS) is 1. The van der Waals surface area contributed by atoms with Gasteiger partial charge < -0.3 is 41.8 Å². The number of carbonyl (C=O) groups excluding carboxylic acids is 2. The fraction of sp³-hybridized carbons (Fsp3) is 0.700. The van der Waals surface area contributed by atoms with Gasteiger partial charge in [-0.1, -0.05) is 0 Å². The van der Waals surface area contributed by atoms with Gasteiger partial charge in [0.15, 0.2) is 6.29 Å². The Bertz CT molecular complexity index is 322. The summed E-state index contributed by atoms with van der Waals surface area (Å²) in [5.74, 6) is -1.92. The second kappa shape index (κ2) is 10.2. The number of nitrogens with two attached hydrogens (primary N) is 2. The van der Waals surface area contributed by atoms with E-state index >= 15 is 0 Å². The van der Waals surface area contributed by atoms with Gasteiger partial charge in [-0.15, -0.1) is 0 Å². The first kappa shape index (κ1) is 20.7. The molecule has 0 saturated carbocycles. The highest BCUT2D eigenvalue weighted by Gasteiger charge is 2.27. The van der Waals surface area contributed by atoms with E-state index in [4.69, 9.17) is 31.3 Å². The molecule has 9 N–H and O–H groups in total. The summed E-state index contributed by atoms with van der Waals surface area (Å²) in [6, 6.07) is -1.16. The molecule has 118 valence electrons. The first-order chi connectivity index (χ1) is 9.04. The summed E-state index contributed by atoms with van der Waals surface area (Å²) in [4.78, 5) is 29.8. The van der Waals surface area contributed by atoms with Crippen molar-refractivity contribution < 1.29 is 39.9 Å². The lowest BCUT2D eigenvalue weighted by Gasteiger charge is -2.21. The van der Waals surface area contributed by atoms with Crippen molar-refractivity contribution in [3.8, 4) is 0 Å². The van der Waals surface area contributed by atoms with Crippen LogP contribution in [0.25, 0.3) is 0 Å². The molecule has 0 saturated heterocycles. The number of carboxylic acids is 1. The molecule has 0 fully saturated rings. The molecule has 10 nitrogen and oxygen atoms in total. The highest BCUT2D eigenvalue weighted by molar-refractivity contribution is 5.83. The number of aliphatic hydroxyl groups is 4. The first-order valence-electron chi connectivity index (χ1n) is 5.48. The third-order valence-electron chi connectivity index (χ3n) is 2.07. The minimum Gasteiger partial charge on any atom is -0.480 e. The Labute approximate surface area is 114 Å². The Hall–Kier alpha value is -1.59. The van der Waals surface area contributed by atoms with Crippen LogP contribution in [0.3, 0.4) is 0 Å². The second-order valence-electron chi connectivity index (χ2n) is 3.96. The van der Waals surface area contributed by atoms with Gasteiger partial charge in [0.05, 0.1) is 12.5 Å². The lowest BCUT2D eigenvalue weighted by Crippen LogP contribution is -2.43. The molecule has 0 aliphatic rings. The van der Waals surface area contributed by atoms with Crippen molar-refractivity contribution in [1.82, 2.24) is 0 Å². The minimum atomic E-state index is -1.65. The molecule has 0 aromatic heterocycles. The van der Waals surface area contributed by atoms with Crippen LogP contribution in [0.1, 0.15) is 13.3 Å². The van der Waals surface area contributed by atoms with Gasteiger partial charge in [0.2, 0.25) is 5.91 Å². The molecule has 0 rings (SSSR count). The van der Waals surface area contributed by atoms with Crippen molar-refractivity contribution in [2.45, 2.75) is 43.8 Å². The number of aliphatic hydroxyl groups excluding tert-OH is 4. The van der Waals surface area contributed by atoms with E-state index in [9.17, 15) is 14.4 Å². The molecule has 0 spiro atoms. The minimum absolute atomic E-state index is 0.0935. The van der Waals surface area contributed by atoms with E-state index in [1.54, 1.807) is 0 Å². The number of aldehydes is 1. The molecule has 1 unspecified atom stereocenters. The second-order valence-corrected chi connectivity index (χ2v) is 3.96. The molecule has 0 aromatic carbocycles. The molecule has 5 atom stereocenters. The number of hydrogen-bond acceptors (Lipinski definition) is 8. The number of amides is 1. The zero-order valence-corrected chi connectivity index (χ0v) is 10.8. The van der Waals surface area contributed by atoms with Gasteiger partial charge in [-0.25, -0.2) is 0 Å². The molecule has 0 radical (unpaired) electrons. The Morgan fingerprint density at radius 2 is 1.60 bits per heavy atom. The van der Waals surface area contributed by atoms with Crippen LogP contribution in [0.15, 0.2) is 0 Å². The van der Waals surface area contributed by atoms with E-state index in [-0.39, 0.29) is 12.7 Å². The van der Waals surface area contributed by atoms with Crippen molar-refractivity contribution in [3.05, 3.63) is 0 Å². The lowest BCUT2D eigenvalue weighted by molar-refractivity contribution is -0.140. The van der Waals surface area contributed by atoms with Crippen LogP contribution in [0, 0.1) is 0 Å². The van der Waals surface area contributed by atoms with Crippen LogP contribution < -0.4 is 11.5 Å². The third-order valence-corrected chi connectivity index (χ3v) is 2.07.